The topological polar surface area (TPSA) is 49.7 Å². The van der Waals surface area contributed by atoms with Crippen LogP contribution in [0.1, 0.15) is 25.7 Å². The summed E-state index contributed by atoms with van der Waals surface area (Å²) in [6, 6.07) is 6.96. The lowest BCUT2D eigenvalue weighted by Crippen LogP contribution is -2.29. The quantitative estimate of drug-likeness (QED) is 0.589. The lowest BCUT2D eigenvalue weighted by molar-refractivity contribution is 0.343. The van der Waals surface area contributed by atoms with E-state index in [9.17, 15) is 0 Å². The van der Waals surface area contributed by atoms with Gasteiger partial charge in [0, 0.05) is 5.75 Å². The summed E-state index contributed by atoms with van der Waals surface area (Å²) in [6.45, 7) is 0.669. The summed E-state index contributed by atoms with van der Waals surface area (Å²) < 4.78 is 5.62. The maximum Gasteiger partial charge on any atom is 0.488 e. The van der Waals surface area contributed by atoms with Gasteiger partial charge in [0.2, 0.25) is 0 Å². The monoisotopic (exact) mass is 280 g/mol. The number of rotatable bonds is 7. The molecule has 0 bridgehead atoms. The van der Waals surface area contributed by atoms with Crippen molar-refractivity contribution < 1.29 is 14.8 Å². The molecule has 0 radical (unpaired) electrons. The predicted octanol–water partition coefficient (Wildman–Crippen LogP) is 1.67. The molecular weight excluding hydrogens is 259 g/mol. The van der Waals surface area contributed by atoms with E-state index in [0.29, 0.717) is 17.8 Å². The first kappa shape index (κ1) is 14.8. The predicted molar refractivity (Wildman–Crippen MR) is 81.0 cm³/mol. The molecule has 0 aromatic heterocycles. The smallest absolute Gasteiger partial charge is 0.488 e. The van der Waals surface area contributed by atoms with E-state index in [1.54, 1.807) is 18.2 Å². The normalized spacial score (nSPS) is 15.7. The molecule has 1 aliphatic carbocycles. The Morgan fingerprint density at radius 2 is 2.05 bits per heavy atom. The van der Waals surface area contributed by atoms with Crippen LogP contribution in [0.2, 0.25) is 0 Å². The molecule has 1 aromatic carbocycles. The van der Waals surface area contributed by atoms with Crippen LogP contribution < -0.4 is 10.2 Å². The highest BCUT2D eigenvalue weighted by atomic mass is 32.2. The van der Waals surface area contributed by atoms with Gasteiger partial charge in [0.1, 0.15) is 5.75 Å². The molecule has 19 heavy (non-hydrogen) atoms. The highest BCUT2D eigenvalue weighted by molar-refractivity contribution is 7.99. The molecule has 2 N–H and O–H groups in total. The minimum Gasteiger partial charge on any atom is -0.493 e. The lowest BCUT2D eigenvalue weighted by atomic mass is 9.80. The molecule has 104 valence electrons. The SMILES string of the molecule is OB(O)c1cccc(OCCSCC2CCCC2)c1. The molecule has 0 unspecified atom stereocenters. The third-order valence-electron chi connectivity index (χ3n) is 3.48. The molecule has 0 atom stereocenters. The minimum absolute atomic E-state index is 0.469. The minimum atomic E-state index is -1.43. The summed E-state index contributed by atoms with van der Waals surface area (Å²) in [5.74, 6) is 3.85. The third kappa shape index (κ3) is 5.09. The van der Waals surface area contributed by atoms with Crippen molar-refractivity contribution in [3.8, 4) is 5.75 Å². The molecule has 2 rings (SSSR count). The molecule has 3 nitrogen and oxygen atoms in total. The van der Waals surface area contributed by atoms with Crippen molar-refractivity contribution in [3.63, 3.8) is 0 Å². The van der Waals surface area contributed by atoms with E-state index in [1.165, 1.54) is 31.4 Å². The van der Waals surface area contributed by atoms with Crippen molar-refractivity contribution in [3.05, 3.63) is 24.3 Å². The van der Waals surface area contributed by atoms with Gasteiger partial charge >= 0.3 is 7.12 Å². The van der Waals surface area contributed by atoms with Crippen LogP contribution in [0, 0.1) is 5.92 Å². The van der Waals surface area contributed by atoms with Gasteiger partial charge in [-0.15, -0.1) is 0 Å². The molecular formula is C14H21BO3S. The van der Waals surface area contributed by atoms with Crippen molar-refractivity contribution in [2.75, 3.05) is 18.1 Å². The Morgan fingerprint density at radius 1 is 1.26 bits per heavy atom. The van der Waals surface area contributed by atoms with Crippen LogP contribution in [0.3, 0.4) is 0 Å². The maximum atomic E-state index is 9.07. The van der Waals surface area contributed by atoms with Crippen LogP contribution in [0.15, 0.2) is 24.3 Å². The Labute approximate surface area is 119 Å². The van der Waals surface area contributed by atoms with Gasteiger partial charge in [0.05, 0.1) is 6.61 Å². The molecule has 1 aromatic rings. The van der Waals surface area contributed by atoms with Crippen LogP contribution in [-0.4, -0.2) is 35.3 Å². The molecule has 0 spiro atoms. The largest absolute Gasteiger partial charge is 0.493 e. The second kappa shape index (κ2) is 7.83. The molecule has 1 saturated carbocycles. The second-order valence-electron chi connectivity index (χ2n) is 5.02. The number of ether oxygens (including phenoxy) is 1. The molecule has 0 heterocycles. The van der Waals surface area contributed by atoms with Crippen molar-refractivity contribution in [1.29, 1.82) is 0 Å². The Hall–Kier alpha value is -0.645. The molecule has 1 fully saturated rings. The fourth-order valence-corrected chi connectivity index (χ4v) is 3.44. The standard InChI is InChI=1S/C14H21BO3S/c16-15(17)13-6-3-7-14(10-13)18-8-9-19-11-12-4-1-2-5-12/h3,6-7,10,12,16-17H,1-2,4-5,8-9,11H2. The Morgan fingerprint density at radius 3 is 2.79 bits per heavy atom. The van der Waals surface area contributed by atoms with Gasteiger partial charge in [0.15, 0.2) is 0 Å². The molecule has 5 heteroatoms. The van der Waals surface area contributed by atoms with Crippen molar-refractivity contribution in [1.82, 2.24) is 0 Å². The van der Waals surface area contributed by atoms with Gasteiger partial charge in [-0.3, -0.25) is 0 Å². The molecule has 0 amide bonds. The zero-order chi connectivity index (χ0) is 13.5. The lowest BCUT2D eigenvalue weighted by Gasteiger charge is -2.10. The van der Waals surface area contributed by atoms with E-state index in [0.717, 1.165) is 11.7 Å². The van der Waals surface area contributed by atoms with Crippen molar-refractivity contribution in [2.45, 2.75) is 25.7 Å². The summed E-state index contributed by atoms with van der Waals surface area (Å²) in [7, 11) is -1.43. The number of benzene rings is 1. The van der Waals surface area contributed by atoms with E-state index >= 15 is 0 Å². The third-order valence-corrected chi connectivity index (χ3v) is 4.64. The van der Waals surface area contributed by atoms with Gasteiger partial charge in [-0.2, -0.15) is 11.8 Å². The summed E-state index contributed by atoms with van der Waals surface area (Å²) in [5, 5.41) is 18.1. The van der Waals surface area contributed by atoms with Crippen LogP contribution in [-0.2, 0) is 0 Å². The van der Waals surface area contributed by atoms with Gasteiger partial charge in [-0.05, 0) is 42.1 Å². The first-order chi connectivity index (χ1) is 9.25. The van der Waals surface area contributed by atoms with Crippen LogP contribution >= 0.6 is 11.8 Å². The van der Waals surface area contributed by atoms with Gasteiger partial charge in [0.25, 0.3) is 0 Å². The summed E-state index contributed by atoms with van der Waals surface area (Å²) in [6.07, 6.45) is 5.59. The zero-order valence-electron chi connectivity index (χ0n) is 11.1. The summed E-state index contributed by atoms with van der Waals surface area (Å²) in [4.78, 5) is 0. The van der Waals surface area contributed by atoms with E-state index < -0.39 is 7.12 Å². The van der Waals surface area contributed by atoms with Crippen LogP contribution in [0.25, 0.3) is 0 Å². The van der Waals surface area contributed by atoms with Gasteiger partial charge in [-0.25, -0.2) is 0 Å². The molecule has 1 aliphatic rings. The van der Waals surface area contributed by atoms with Gasteiger partial charge in [-0.1, -0.05) is 25.0 Å². The fraction of sp³-hybridized carbons (Fsp3) is 0.571. The van der Waals surface area contributed by atoms with Crippen molar-refractivity contribution >= 4 is 24.3 Å². The average molecular weight is 280 g/mol. The van der Waals surface area contributed by atoms with Crippen LogP contribution in [0.5, 0.6) is 5.75 Å². The highest BCUT2D eigenvalue weighted by Gasteiger charge is 2.14. The Bertz CT molecular complexity index is 381. The van der Waals surface area contributed by atoms with Crippen LogP contribution in [0.4, 0.5) is 0 Å². The number of hydrogen-bond acceptors (Lipinski definition) is 4. The highest BCUT2D eigenvalue weighted by Crippen LogP contribution is 2.27. The van der Waals surface area contributed by atoms with Gasteiger partial charge < -0.3 is 14.8 Å². The average Bonchev–Trinajstić information content (AvgIpc) is 2.92. The number of hydrogen-bond donors (Lipinski definition) is 2. The van der Waals surface area contributed by atoms with E-state index in [2.05, 4.69) is 0 Å². The summed E-state index contributed by atoms with van der Waals surface area (Å²) in [5.41, 5.74) is 0.469. The molecule has 0 saturated heterocycles. The van der Waals surface area contributed by atoms with E-state index in [-0.39, 0.29) is 0 Å². The number of thioether (sulfide) groups is 1. The fourth-order valence-electron chi connectivity index (χ4n) is 2.41. The molecule has 0 aliphatic heterocycles. The first-order valence-electron chi connectivity index (χ1n) is 6.92. The Balaban J connectivity index is 1.63. The Kier molecular flexibility index (Phi) is 6.08. The second-order valence-corrected chi connectivity index (χ2v) is 6.17. The summed E-state index contributed by atoms with van der Waals surface area (Å²) >= 11 is 1.96. The maximum absolute atomic E-state index is 9.07. The zero-order valence-corrected chi connectivity index (χ0v) is 11.9. The first-order valence-corrected chi connectivity index (χ1v) is 8.08. The van der Waals surface area contributed by atoms with E-state index in [4.69, 9.17) is 14.8 Å². The van der Waals surface area contributed by atoms with Crippen molar-refractivity contribution in [2.24, 2.45) is 5.92 Å². The van der Waals surface area contributed by atoms with E-state index in [1.807, 2.05) is 17.8 Å².